The highest BCUT2D eigenvalue weighted by molar-refractivity contribution is 7.99. The second kappa shape index (κ2) is 5.12. The van der Waals surface area contributed by atoms with Crippen molar-refractivity contribution in [2.75, 3.05) is 18.1 Å². The van der Waals surface area contributed by atoms with Crippen LogP contribution < -0.4 is 5.32 Å². The quantitative estimate of drug-likeness (QED) is 0.750. The standard InChI is InChI=1S/C10H16N2S/c1-4-8-9(13-5-2)6-7-12-10(8)11-3/h6-7H,4-5H2,1-3H3,(H,11,12). The molecule has 0 aromatic carbocycles. The van der Waals surface area contributed by atoms with Crippen LogP contribution in [0.2, 0.25) is 0 Å². The van der Waals surface area contributed by atoms with E-state index < -0.39 is 0 Å². The first-order valence-electron chi connectivity index (χ1n) is 4.61. The Bertz CT molecular complexity index is 274. The van der Waals surface area contributed by atoms with Gasteiger partial charge in [-0.05, 0) is 18.2 Å². The molecule has 0 aliphatic carbocycles. The lowest BCUT2D eigenvalue weighted by molar-refractivity contribution is 1.04. The van der Waals surface area contributed by atoms with E-state index in [1.165, 1.54) is 10.5 Å². The van der Waals surface area contributed by atoms with Gasteiger partial charge in [-0.2, -0.15) is 0 Å². The monoisotopic (exact) mass is 196 g/mol. The van der Waals surface area contributed by atoms with Crippen LogP contribution in [0.1, 0.15) is 19.4 Å². The predicted octanol–water partition coefficient (Wildman–Crippen LogP) is 2.80. The summed E-state index contributed by atoms with van der Waals surface area (Å²) in [5, 5.41) is 3.12. The van der Waals surface area contributed by atoms with Crippen LogP contribution >= 0.6 is 11.8 Å². The van der Waals surface area contributed by atoms with Crippen LogP contribution in [-0.2, 0) is 6.42 Å². The summed E-state index contributed by atoms with van der Waals surface area (Å²) in [7, 11) is 1.92. The van der Waals surface area contributed by atoms with Crippen LogP contribution in [0.25, 0.3) is 0 Å². The van der Waals surface area contributed by atoms with Crippen molar-refractivity contribution in [3.63, 3.8) is 0 Å². The lowest BCUT2D eigenvalue weighted by Crippen LogP contribution is -1.99. The molecule has 0 saturated carbocycles. The number of nitrogens with one attached hydrogen (secondary N) is 1. The summed E-state index contributed by atoms with van der Waals surface area (Å²) < 4.78 is 0. The van der Waals surface area contributed by atoms with Crippen LogP contribution in [0.15, 0.2) is 17.2 Å². The van der Waals surface area contributed by atoms with E-state index in [2.05, 4.69) is 30.2 Å². The van der Waals surface area contributed by atoms with E-state index in [1.807, 2.05) is 25.0 Å². The zero-order valence-corrected chi connectivity index (χ0v) is 9.24. The van der Waals surface area contributed by atoms with E-state index in [9.17, 15) is 0 Å². The number of rotatable bonds is 4. The molecule has 0 fully saturated rings. The molecule has 72 valence electrons. The minimum absolute atomic E-state index is 1.01. The number of aromatic nitrogens is 1. The molecule has 0 amide bonds. The molecule has 1 aromatic heterocycles. The van der Waals surface area contributed by atoms with Crippen LogP contribution in [-0.4, -0.2) is 17.8 Å². The minimum atomic E-state index is 1.01. The van der Waals surface area contributed by atoms with Gasteiger partial charge in [-0.3, -0.25) is 0 Å². The van der Waals surface area contributed by atoms with Crippen LogP contribution in [0, 0.1) is 0 Å². The molecular weight excluding hydrogens is 180 g/mol. The first-order chi connectivity index (χ1) is 6.33. The number of pyridine rings is 1. The molecule has 3 heteroatoms. The predicted molar refractivity (Wildman–Crippen MR) is 59.6 cm³/mol. The SMILES string of the molecule is CCSc1ccnc(NC)c1CC. The van der Waals surface area contributed by atoms with Crippen molar-refractivity contribution in [2.45, 2.75) is 25.2 Å². The van der Waals surface area contributed by atoms with Gasteiger partial charge in [0.25, 0.3) is 0 Å². The molecular formula is C10H16N2S. The first kappa shape index (κ1) is 10.4. The molecule has 0 saturated heterocycles. The van der Waals surface area contributed by atoms with Crippen molar-refractivity contribution >= 4 is 17.6 Å². The van der Waals surface area contributed by atoms with Gasteiger partial charge in [-0.15, -0.1) is 11.8 Å². The fourth-order valence-electron chi connectivity index (χ4n) is 1.32. The summed E-state index contributed by atoms with van der Waals surface area (Å²) >= 11 is 1.88. The molecule has 0 unspecified atom stereocenters. The van der Waals surface area contributed by atoms with E-state index in [1.54, 1.807) is 0 Å². The van der Waals surface area contributed by atoms with Gasteiger partial charge in [0.1, 0.15) is 5.82 Å². The second-order valence-electron chi connectivity index (χ2n) is 2.67. The molecule has 13 heavy (non-hydrogen) atoms. The first-order valence-corrected chi connectivity index (χ1v) is 5.60. The lowest BCUT2D eigenvalue weighted by Gasteiger charge is -2.10. The summed E-state index contributed by atoms with van der Waals surface area (Å²) in [4.78, 5) is 5.64. The summed E-state index contributed by atoms with van der Waals surface area (Å²) in [5.74, 6) is 2.13. The average molecular weight is 196 g/mol. The van der Waals surface area contributed by atoms with Crippen molar-refractivity contribution in [2.24, 2.45) is 0 Å². The third-order valence-electron chi connectivity index (χ3n) is 1.90. The molecule has 0 spiro atoms. The fraction of sp³-hybridized carbons (Fsp3) is 0.500. The number of anilines is 1. The Morgan fingerprint density at radius 3 is 2.77 bits per heavy atom. The normalized spacial score (nSPS) is 10.1. The van der Waals surface area contributed by atoms with E-state index in [4.69, 9.17) is 0 Å². The molecule has 0 aliphatic rings. The number of hydrogen-bond donors (Lipinski definition) is 1. The van der Waals surface area contributed by atoms with Crippen LogP contribution in [0.4, 0.5) is 5.82 Å². The molecule has 1 rings (SSSR count). The van der Waals surface area contributed by atoms with E-state index >= 15 is 0 Å². The van der Waals surface area contributed by atoms with Gasteiger partial charge in [0, 0.05) is 23.7 Å². The smallest absolute Gasteiger partial charge is 0.129 e. The van der Waals surface area contributed by atoms with E-state index in [0.717, 1.165) is 18.0 Å². The van der Waals surface area contributed by atoms with Gasteiger partial charge in [0.15, 0.2) is 0 Å². The Kier molecular flexibility index (Phi) is 4.09. The Morgan fingerprint density at radius 1 is 1.46 bits per heavy atom. The molecule has 0 aliphatic heterocycles. The average Bonchev–Trinajstić information content (AvgIpc) is 2.18. The maximum Gasteiger partial charge on any atom is 0.129 e. The fourth-order valence-corrected chi connectivity index (χ4v) is 2.21. The minimum Gasteiger partial charge on any atom is -0.373 e. The van der Waals surface area contributed by atoms with Crippen molar-refractivity contribution < 1.29 is 0 Å². The maximum atomic E-state index is 4.29. The Morgan fingerprint density at radius 2 is 2.23 bits per heavy atom. The van der Waals surface area contributed by atoms with Crippen molar-refractivity contribution in [3.05, 3.63) is 17.8 Å². The molecule has 0 atom stereocenters. The largest absolute Gasteiger partial charge is 0.373 e. The topological polar surface area (TPSA) is 24.9 Å². The molecule has 0 bridgehead atoms. The number of nitrogens with zero attached hydrogens (tertiary/aromatic N) is 1. The van der Waals surface area contributed by atoms with E-state index in [0.29, 0.717) is 0 Å². The highest BCUT2D eigenvalue weighted by atomic mass is 32.2. The summed E-state index contributed by atoms with van der Waals surface area (Å²) in [6, 6.07) is 2.09. The van der Waals surface area contributed by atoms with Crippen molar-refractivity contribution in [1.29, 1.82) is 0 Å². The molecule has 1 heterocycles. The molecule has 0 radical (unpaired) electrons. The van der Waals surface area contributed by atoms with Gasteiger partial charge >= 0.3 is 0 Å². The number of thioether (sulfide) groups is 1. The summed E-state index contributed by atoms with van der Waals surface area (Å²) in [6.07, 6.45) is 2.90. The summed E-state index contributed by atoms with van der Waals surface area (Å²) in [6.45, 7) is 4.33. The Labute approximate surface area is 84.1 Å². The summed E-state index contributed by atoms with van der Waals surface area (Å²) in [5.41, 5.74) is 1.33. The third-order valence-corrected chi connectivity index (χ3v) is 2.89. The van der Waals surface area contributed by atoms with Gasteiger partial charge in [0.2, 0.25) is 0 Å². The highest BCUT2D eigenvalue weighted by Crippen LogP contribution is 2.26. The van der Waals surface area contributed by atoms with Gasteiger partial charge < -0.3 is 5.32 Å². The van der Waals surface area contributed by atoms with Gasteiger partial charge in [0.05, 0.1) is 0 Å². The van der Waals surface area contributed by atoms with E-state index in [-0.39, 0.29) is 0 Å². The maximum absolute atomic E-state index is 4.29. The second-order valence-corrected chi connectivity index (χ2v) is 3.98. The Balaban J connectivity index is 3.03. The number of hydrogen-bond acceptors (Lipinski definition) is 3. The van der Waals surface area contributed by atoms with Crippen LogP contribution in [0.5, 0.6) is 0 Å². The van der Waals surface area contributed by atoms with Gasteiger partial charge in [-0.25, -0.2) is 4.98 Å². The highest BCUT2D eigenvalue weighted by Gasteiger charge is 2.05. The third kappa shape index (κ3) is 2.37. The van der Waals surface area contributed by atoms with Crippen LogP contribution in [0.3, 0.4) is 0 Å². The van der Waals surface area contributed by atoms with Gasteiger partial charge in [-0.1, -0.05) is 13.8 Å². The Hall–Kier alpha value is -0.700. The zero-order chi connectivity index (χ0) is 9.68. The molecule has 1 aromatic rings. The van der Waals surface area contributed by atoms with Crippen molar-refractivity contribution in [1.82, 2.24) is 4.98 Å². The lowest BCUT2D eigenvalue weighted by atomic mass is 10.2. The molecule has 2 nitrogen and oxygen atoms in total. The van der Waals surface area contributed by atoms with Crippen molar-refractivity contribution in [3.8, 4) is 0 Å². The molecule has 1 N–H and O–H groups in total. The zero-order valence-electron chi connectivity index (χ0n) is 8.42.